The molecule has 2 aromatic heterocycles. The van der Waals surface area contributed by atoms with Gasteiger partial charge in [0.1, 0.15) is 11.6 Å². The number of nitrogens with zero attached hydrogens (tertiary/aromatic N) is 5. The van der Waals surface area contributed by atoms with Crippen molar-refractivity contribution in [2.75, 3.05) is 0 Å². The fourth-order valence-electron chi connectivity index (χ4n) is 2.27. The molecule has 5 nitrogen and oxygen atoms in total. The van der Waals surface area contributed by atoms with Gasteiger partial charge in [-0.15, -0.1) is 0 Å². The van der Waals surface area contributed by atoms with Crippen molar-refractivity contribution in [2.24, 2.45) is 7.05 Å². The van der Waals surface area contributed by atoms with Crippen LogP contribution in [0.5, 0.6) is 0 Å². The van der Waals surface area contributed by atoms with Crippen molar-refractivity contribution in [3.05, 3.63) is 52.7 Å². The maximum absolute atomic E-state index is 5.57. The first-order valence-corrected chi connectivity index (χ1v) is 6.74. The molecular weight excluding hydrogens is 270 g/mol. The zero-order valence-electron chi connectivity index (χ0n) is 11.6. The van der Waals surface area contributed by atoms with Crippen LogP contribution in [0.2, 0.25) is 0 Å². The van der Waals surface area contributed by atoms with Crippen LogP contribution in [0.1, 0.15) is 11.5 Å². The first kappa shape index (κ1) is 12.8. The van der Waals surface area contributed by atoms with Crippen molar-refractivity contribution in [2.45, 2.75) is 13.8 Å². The monoisotopic (exact) mass is 285 g/mol. The van der Waals surface area contributed by atoms with Crippen molar-refractivity contribution in [1.29, 1.82) is 0 Å². The molecule has 0 unspecified atom stereocenters. The van der Waals surface area contributed by atoms with E-state index in [1.165, 1.54) is 0 Å². The van der Waals surface area contributed by atoms with Crippen molar-refractivity contribution < 1.29 is 0 Å². The van der Waals surface area contributed by atoms with E-state index in [9.17, 15) is 0 Å². The maximum Gasteiger partial charge on any atom is 0.208 e. The van der Waals surface area contributed by atoms with E-state index in [-0.39, 0.29) is 0 Å². The lowest BCUT2D eigenvalue weighted by atomic mass is 10.3. The van der Waals surface area contributed by atoms with Crippen LogP contribution in [-0.2, 0) is 7.05 Å². The van der Waals surface area contributed by atoms with Crippen LogP contribution in [0.15, 0.2) is 36.4 Å². The van der Waals surface area contributed by atoms with Gasteiger partial charge in [-0.25, -0.2) is 4.68 Å². The Balaban J connectivity index is 2.23. The number of aryl methyl sites for hydroxylation is 3. The van der Waals surface area contributed by atoms with Crippen LogP contribution in [0, 0.1) is 18.6 Å². The number of para-hydroxylation sites is 1. The average molecular weight is 285 g/mol. The Kier molecular flexibility index (Phi) is 3.02. The molecule has 20 heavy (non-hydrogen) atoms. The molecule has 0 amide bonds. The largest absolute Gasteiger partial charge is 0.255 e. The fraction of sp³-hybridized carbons (Fsp3) is 0.214. The molecule has 0 aliphatic carbocycles. The summed E-state index contributed by atoms with van der Waals surface area (Å²) in [6, 6.07) is 11.9. The van der Waals surface area contributed by atoms with Crippen LogP contribution in [0.4, 0.5) is 0 Å². The summed E-state index contributed by atoms with van der Waals surface area (Å²) in [6.45, 7) is 3.90. The van der Waals surface area contributed by atoms with E-state index < -0.39 is 0 Å². The Hall–Kier alpha value is -2.21. The van der Waals surface area contributed by atoms with Gasteiger partial charge in [0.2, 0.25) is 4.77 Å². The SMILES string of the molecule is Cc1cc(-n2c(C)nn(-c3ccccc3)c2=S)n(C)n1. The molecule has 0 atom stereocenters. The summed E-state index contributed by atoms with van der Waals surface area (Å²) >= 11 is 5.57. The normalized spacial score (nSPS) is 10.9. The number of rotatable bonds is 2. The quantitative estimate of drug-likeness (QED) is 0.680. The van der Waals surface area contributed by atoms with E-state index in [0.717, 1.165) is 23.0 Å². The van der Waals surface area contributed by atoms with Gasteiger partial charge in [-0.1, -0.05) is 18.2 Å². The van der Waals surface area contributed by atoms with Gasteiger partial charge < -0.3 is 0 Å². The number of aromatic nitrogens is 5. The Bertz CT molecular complexity index is 810. The van der Waals surface area contributed by atoms with Gasteiger partial charge in [-0.2, -0.15) is 10.2 Å². The minimum Gasteiger partial charge on any atom is -0.255 e. The van der Waals surface area contributed by atoms with Gasteiger partial charge in [0.25, 0.3) is 0 Å². The summed E-state index contributed by atoms with van der Waals surface area (Å²) in [7, 11) is 1.91. The van der Waals surface area contributed by atoms with E-state index >= 15 is 0 Å². The molecule has 0 N–H and O–H groups in total. The predicted octanol–water partition coefficient (Wildman–Crippen LogP) is 2.74. The number of hydrogen-bond donors (Lipinski definition) is 0. The van der Waals surface area contributed by atoms with Gasteiger partial charge in [-0.05, 0) is 38.2 Å². The van der Waals surface area contributed by atoms with Gasteiger partial charge in [0.15, 0.2) is 0 Å². The molecule has 3 rings (SSSR count). The Morgan fingerprint density at radius 1 is 1.05 bits per heavy atom. The minimum absolute atomic E-state index is 0.636. The molecule has 2 heterocycles. The third-order valence-electron chi connectivity index (χ3n) is 3.15. The molecule has 0 spiro atoms. The predicted molar refractivity (Wildman–Crippen MR) is 80.0 cm³/mol. The molecular formula is C14H15N5S. The van der Waals surface area contributed by atoms with Crippen LogP contribution >= 0.6 is 12.2 Å². The van der Waals surface area contributed by atoms with Crippen molar-refractivity contribution in [1.82, 2.24) is 24.1 Å². The Labute approximate surface area is 122 Å². The van der Waals surface area contributed by atoms with Crippen LogP contribution in [0.3, 0.4) is 0 Å². The molecule has 1 aromatic carbocycles. The molecule has 6 heteroatoms. The standard InChI is InChI=1S/C14H15N5S/c1-10-9-13(17(3)15-10)18-11(2)16-19(14(18)20)12-7-5-4-6-8-12/h4-9H,1-3H3. The Morgan fingerprint density at radius 2 is 1.75 bits per heavy atom. The third-order valence-corrected chi connectivity index (χ3v) is 3.50. The molecule has 0 saturated carbocycles. The van der Waals surface area contributed by atoms with E-state index in [0.29, 0.717) is 4.77 Å². The third kappa shape index (κ3) is 1.98. The maximum atomic E-state index is 5.57. The second-order valence-corrected chi connectivity index (χ2v) is 5.05. The summed E-state index contributed by atoms with van der Waals surface area (Å²) in [5, 5.41) is 8.91. The highest BCUT2D eigenvalue weighted by Crippen LogP contribution is 2.15. The first-order chi connectivity index (χ1) is 9.58. The summed E-state index contributed by atoms with van der Waals surface area (Å²) in [4.78, 5) is 0. The van der Waals surface area contributed by atoms with Gasteiger partial charge in [0.05, 0.1) is 11.4 Å². The highest BCUT2D eigenvalue weighted by Gasteiger charge is 2.13. The lowest BCUT2D eigenvalue weighted by Gasteiger charge is -2.03. The van der Waals surface area contributed by atoms with Crippen molar-refractivity contribution >= 4 is 12.2 Å². The molecule has 0 aliphatic rings. The lowest BCUT2D eigenvalue weighted by molar-refractivity contribution is 0.712. The minimum atomic E-state index is 0.636. The zero-order valence-corrected chi connectivity index (χ0v) is 12.4. The molecule has 0 saturated heterocycles. The average Bonchev–Trinajstić information content (AvgIpc) is 2.90. The van der Waals surface area contributed by atoms with Crippen molar-refractivity contribution in [3.8, 4) is 11.5 Å². The van der Waals surface area contributed by atoms with Crippen LogP contribution in [-0.4, -0.2) is 24.1 Å². The van der Waals surface area contributed by atoms with E-state index in [2.05, 4.69) is 10.2 Å². The fourth-order valence-corrected chi connectivity index (χ4v) is 2.64. The summed E-state index contributed by atoms with van der Waals surface area (Å²) in [5.74, 6) is 1.76. The summed E-state index contributed by atoms with van der Waals surface area (Å²) in [6.07, 6.45) is 0. The molecule has 0 fully saturated rings. The summed E-state index contributed by atoms with van der Waals surface area (Å²) in [5.41, 5.74) is 1.91. The van der Waals surface area contributed by atoms with Gasteiger partial charge in [0, 0.05) is 13.1 Å². The molecule has 0 bridgehead atoms. The van der Waals surface area contributed by atoms with Crippen LogP contribution < -0.4 is 0 Å². The smallest absolute Gasteiger partial charge is 0.208 e. The lowest BCUT2D eigenvalue weighted by Crippen LogP contribution is -2.05. The number of hydrogen-bond acceptors (Lipinski definition) is 3. The highest BCUT2D eigenvalue weighted by atomic mass is 32.1. The second-order valence-electron chi connectivity index (χ2n) is 4.68. The first-order valence-electron chi connectivity index (χ1n) is 6.33. The molecule has 0 aliphatic heterocycles. The topological polar surface area (TPSA) is 40.6 Å². The van der Waals surface area contributed by atoms with Crippen LogP contribution in [0.25, 0.3) is 11.5 Å². The van der Waals surface area contributed by atoms with Gasteiger partial charge in [-0.3, -0.25) is 9.25 Å². The van der Waals surface area contributed by atoms with E-state index in [1.807, 2.05) is 66.5 Å². The van der Waals surface area contributed by atoms with Crippen molar-refractivity contribution in [3.63, 3.8) is 0 Å². The highest BCUT2D eigenvalue weighted by molar-refractivity contribution is 7.71. The van der Waals surface area contributed by atoms with Gasteiger partial charge >= 0.3 is 0 Å². The van der Waals surface area contributed by atoms with E-state index in [4.69, 9.17) is 12.2 Å². The summed E-state index contributed by atoms with van der Waals surface area (Å²) < 4.78 is 6.15. The molecule has 102 valence electrons. The number of benzene rings is 1. The van der Waals surface area contributed by atoms with E-state index in [1.54, 1.807) is 4.68 Å². The Morgan fingerprint density at radius 3 is 2.35 bits per heavy atom. The second kappa shape index (κ2) is 4.72. The zero-order chi connectivity index (χ0) is 14.3. The molecule has 0 radical (unpaired) electrons. The molecule has 3 aromatic rings.